The fraction of sp³-hybridized carbons (Fsp3) is 0.623. The minimum absolute atomic E-state index is 0.0252. The lowest BCUT2D eigenvalue weighted by atomic mass is 10.1. The van der Waals surface area contributed by atoms with E-state index in [1.807, 2.05) is 26.0 Å². The number of carbonyl (C=O) groups excluding carboxylic acids is 4. The van der Waals surface area contributed by atoms with Crippen molar-refractivity contribution in [2.45, 2.75) is 168 Å². The van der Waals surface area contributed by atoms with Gasteiger partial charge >= 0.3 is 0 Å². The van der Waals surface area contributed by atoms with Crippen LogP contribution in [0.1, 0.15) is 108 Å². The summed E-state index contributed by atoms with van der Waals surface area (Å²) in [6.45, 7) is 32.8. The van der Waals surface area contributed by atoms with E-state index < -0.39 is 36.5 Å². The van der Waals surface area contributed by atoms with Gasteiger partial charge in [-0.05, 0) is 86.8 Å². The summed E-state index contributed by atoms with van der Waals surface area (Å²) in [5, 5.41) is 0. The Labute approximate surface area is 421 Å². The lowest BCUT2D eigenvalue weighted by Crippen LogP contribution is -2.50. The van der Waals surface area contributed by atoms with E-state index in [4.69, 9.17) is 28.1 Å². The molecule has 70 heavy (non-hydrogen) atoms. The van der Waals surface area contributed by atoms with Crippen LogP contribution in [-0.4, -0.2) is 117 Å². The topological polar surface area (TPSA) is 137 Å². The molecule has 0 saturated carbocycles. The Morgan fingerprint density at radius 1 is 0.557 bits per heavy atom. The van der Waals surface area contributed by atoms with Crippen molar-refractivity contribution < 1.29 is 47.3 Å². The van der Waals surface area contributed by atoms with Gasteiger partial charge in [0.15, 0.2) is 17.2 Å². The van der Waals surface area contributed by atoms with Gasteiger partial charge in [0.2, 0.25) is 0 Å². The third-order valence-electron chi connectivity index (χ3n) is 14.1. The van der Waals surface area contributed by atoms with Gasteiger partial charge in [-0.15, -0.1) is 0 Å². The van der Waals surface area contributed by atoms with E-state index in [1.54, 1.807) is 51.2 Å². The molecule has 0 spiro atoms. The molecule has 4 aliphatic rings. The molecule has 6 rings (SSSR count). The Morgan fingerprint density at radius 2 is 0.957 bits per heavy atom. The minimum atomic E-state index is -2.54. The molecular weight excluding hydrogens is 937 g/mol. The maximum atomic E-state index is 14.5. The molecule has 17 heteroatoms. The van der Waals surface area contributed by atoms with Gasteiger partial charge in [-0.3, -0.25) is 29.0 Å². The second kappa shape index (κ2) is 22.6. The van der Waals surface area contributed by atoms with Crippen LogP contribution in [0.3, 0.4) is 0 Å². The maximum absolute atomic E-state index is 14.5. The largest absolute Gasteiger partial charge is 0.540 e. The Balaban J connectivity index is 1.22. The monoisotopic (exact) mass is 1020 g/mol. The van der Waals surface area contributed by atoms with Crippen LogP contribution in [0, 0.1) is 0 Å². The highest BCUT2D eigenvalue weighted by Gasteiger charge is 2.49. The van der Waals surface area contributed by atoms with Gasteiger partial charge in [0.05, 0.1) is 42.8 Å². The van der Waals surface area contributed by atoms with Crippen LogP contribution < -0.4 is 28.4 Å². The average molecular weight is 1020 g/mol. The van der Waals surface area contributed by atoms with Crippen molar-refractivity contribution in [3.63, 3.8) is 0 Å². The Morgan fingerprint density at radius 3 is 1.34 bits per heavy atom. The van der Waals surface area contributed by atoms with Gasteiger partial charge in [0, 0.05) is 53.9 Å². The molecule has 0 unspecified atom stereocenters. The summed E-state index contributed by atoms with van der Waals surface area (Å²) in [6, 6.07) is 7.66. The number of carbonyl (C=O) groups is 4. The molecule has 0 radical (unpaired) electrons. The van der Waals surface area contributed by atoms with Crippen molar-refractivity contribution >= 4 is 59.5 Å². The molecule has 386 valence electrons. The second-order valence-corrected chi connectivity index (χ2v) is 39.7. The number of ether oxygens (including phenoxy) is 5. The summed E-state index contributed by atoms with van der Waals surface area (Å²) in [6.07, 6.45) is 6.62. The lowest BCUT2D eigenvalue weighted by Gasteiger charge is -2.42. The van der Waals surface area contributed by atoms with Crippen LogP contribution in [0.15, 0.2) is 47.8 Å². The van der Waals surface area contributed by atoms with Crippen LogP contribution in [0.4, 0.5) is 11.4 Å². The number of rotatable bonds is 24. The van der Waals surface area contributed by atoms with E-state index in [0.29, 0.717) is 97.6 Å². The number of nitrogens with zero attached hydrogens (tertiary/aromatic N) is 4. The highest BCUT2D eigenvalue weighted by Crippen LogP contribution is 2.48. The standard InChI is InChI=1S/C53H82N4O10Si3/c1-35(2)70(36(3)4,37(5)6)67-49-28-41-43(57(34-64-22-24-69(13,14)15)53(61)45-26-39(8)32-55(45)51(41)59)30-48(49)66-20-18-16-17-19-65-47-29-42-40(27-46(47)62-9)50(58)54-31-38(7)25-44(54)52(60)56(42)33-63-21-23-68(10,11)12/h27-32,35-37,44-45H,16-26,33-34H2,1-15H3/t44-,45-/m0/s1. The first-order chi connectivity index (χ1) is 32.9. The first-order valence-corrected chi connectivity index (χ1v) is 35.1. The lowest BCUT2D eigenvalue weighted by molar-refractivity contribution is -0.123. The van der Waals surface area contributed by atoms with E-state index in [9.17, 15) is 19.2 Å². The summed E-state index contributed by atoms with van der Waals surface area (Å²) in [5.41, 5.74) is 4.37. The van der Waals surface area contributed by atoms with Gasteiger partial charge in [-0.25, -0.2) is 0 Å². The summed E-state index contributed by atoms with van der Waals surface area (Å²) in [5.74, 6) is 0.973. The van der Waals surface area contributed by atoms with Crippen LogP contribution >= 0.6 is 0 Å². The SMILES string of the molecule is COc1cc2c(cc1OCCCCCOc1cc3c(cc1O[Si](C(C)C)(C(C)C)C(C)C)C(=O)N1C=C(C)C[C@H]1C(=O)N3COCC[Si](C)(C)C)N(COCC[Si](C)(C)C)C(=O)[C@@H]1CC(C)=CN1C2=O. The Kier molecular flexibility index (Phi) is 17.7. The molecule has 2 atom stereocenters. The van der Waals surface area contributed by atoms with E-state index in [0.717, 1.165) is 29.7 Å². The zero-order chi connectivity index (χ0) is 51.5. The smallest absolute Gasteiger partial charge is 0.260 e. The maximum Gasteiger partial charge on any atom is 0.260 e. The molecule has 4 amide bonds. The van der Waals surface area contributed by atoms with Crippen molar-refractivity contribution in [2.24, 2.45) is 0 Å². The quantitative estimate of drug-likeness (QED) is 0.0738. The van der Waals surface area contributed by atoms with Crippen LogP contribution in [-0.2, 0) is 19.1 Å². The molecule has 0 saturated heterocycles. The predicted molar refractivity (Wildman–Crippen MR) is 286 cm³/mol. The summed E-state index contributed by atoms with van der Waals surface area (Å²) in [4.78, 5) is 63.5. The van der Waals surface area contributed by atoms with Gasteiger partial charge in [0.25, 0.3) is 31.9 Å². The number of unbranched alkanes of at least 4 members (excludes halogenated alkanes) is 2. The van der Waals surface area contributed by atoms with E-state index >= 15 is 0 Å². The van der Waals surface area contributed by atoms with Crippen LogP contribution in [0.25, 0.3) is 0 Å². The molecule has 14 nitrogen and oxygen atoms in total. The van der Waals surface area contributed by atoms with Crippen LogP contribution in [0.2, 0.25) is 68.0 Å². The average Bonchev–Trinajstić information content (AvgIpc) is 3.84. The molecule has 0 aromatic heterocycles. The molecule has 2 aromatic carbocycles. The van der Waals surface area contributed by atoms with Crippen LogP contribution in [0.5, 0.6) is 23.0 Å². The molecular formula is C53H82N4O10Si3. The molecule has 2 aromatic rings. The van der Waals surface area contributed by atoms with E-state index in [1.165, 1.54) is 0 Å². The fourth-order valence-corrected chi connectivity index (χ4v) is 17.0. The third-order valence-corrected chi connectivity index (χ3v) is 23.5. The van der Waals surface area contributed by atoms with Crippen molar-refractivity contribution in [2.75, 3.05) is 56.8 Å². The number of anilines is 2. The normalized spacial score (nSPS) is 18.5. The molecule has 0 aliphatic carbocycles. The zero-order valence-corrected chi connectivity index (χ0v) is 47.9. The van der Waals surface area contributed by atoms with Gasteiger partial charge in [-0.2, -0.15) is 0 Å². The molecule has 0 fully saturated rings. The van der Waals surface area contributed by atoms with E-state index in [2.05, 4.69) is 80.8 Å². The number of hydrogen-bond acceptors (Lipinski definition) is 10. The van der Waals surface area contributed by atoms with Crippen molar-refractivity contribution in [3.8, 4) is 23.0 Å². The number of amides is 4. The highest BCUT2D eigenvalue weighted by molar-refractivity contribution is 6.78. The second-order valence-electron chi connectivity index (χ2n) is 23.1. The number of fused-ring (bicyclic) bond motifs is 4. The molecule has 4 aliphatic heterocycles. The predicted octanol–water partition coefficient (Wildman–Crippen LogP) is 11.4. The minimum Gasteiger partial charge on any atom is -0.540 e. The first kappa shape index (κ1) is 54.9. The van der Waals surface area contributed by atoms with E-state index in [-0.39, 0.29) is 53.7 Å². The molecule has 4 heterocycles. The third kappa shape index (κ3) is 12.2. The number of methoxy groups -OCH3 is 1. The Bertz CT molecular complexity index is 2300. The van der Waals surface area contributed by atoms with Crippen molar-refractivity contribution in [3.05, 3.63) is 58.9 Å². The Hall–Kier alpha value is -4.43. The molecule has 0 bridgehead atoms. The van der Waals surface area contributed by atoms with Crippen molar-refractivity contribution in [1.29, 1.82) is 0 Å². The highest BCUT2D eigenvalue weighted by atomic mass is 28.4. The number of hydrogen-bond donors (Lipinski definition) is 0. The van der Waals surface area contributed by atoms with Gasteiger partial charge in [0.1, 0.15) is 31.3 Å². The zero-order valence-electron chi connectivity index (χ0n) is 44.9. The fourth-order valence-electron chi connectivity index (χ4n) is 10.2. The number of benzene rings is 2. The molecule has 0 N–H and O–H groups in total. The van der Waals surface area contributed by atoms with Gasteiger partial charge in [-0.1, -0.05) is 92.0 Å². The summed E-state index contributed by atoms with van der Waals surface area (Å²) in [7, 11) is -3.78. The first-order valence-electron chi connectivity index (χ1n) is 25.5. The summed E-state index contributed by atoms with van der Waals surface area (Å²) >= 11 is 0. The van der Waals surface area contributed by atoms with Gasteiger partial charge < -0.3 is 37.9 Å². The summed E-state index contributed by atoms with van der Waals surface area (Å²) < 4.78 is 38.5. The van der Waals surface area contributed by atoms with Crippen molar-refractivity contribution in [1.82, 2.24) is 9.80 Å².